The molecule has 0 saturated carbocycles. The molecule has 12 nitrogen and oxygen atoms in total. The predicted molar refractivity (Wildman–Crippen MR) is 278 cm³/mol. The molecule has 360 valence electrons. The van der Waals surface area contributed by atoms with E-state index in [2.05, 4.69) is 58.5 Å². The number of hydrogen-bond acceptors (Lipinski definition) is 8. The minimum absolute atomic E-state index is 0.0411. The number of anilines is 2. The van der Waals surface area contributed by atoms with Gasteiger partial charge < -0.3 is 30.0 Å². The van der Waals surface area contributed by atoms with Gasteiger partial charge in [0.1, 0.15) is 0 Å². The highest BCUT2D eigenvalue weighted by Gasteiger charge is 2.56. The van der Waals surface area contributed by atoms with Gasteiger partial charge >= 0.3 is 0 Å². The number of fused-ring (bicyclic) bond motifs is 8. The summed E-state index contributed by atoms with van der Waals surface area (Å²) < 4.78 is 3.61. The molecule has 8 atom stereocenters. The Morgan fingerprint density at radius 2 is 0.886 bits per heavy atom. The molecule has 2 saturated heterocycles. The third kappa shape index (κ3) is 8.92. The number of benzene rings is 4. The van der Waals surface area contributed by atoms with Crippen molar-refractivity contribution < 1.29 is 19.8 Å². The van der Waals surface area contributed by atoms with E-state index < -0.39 is 11.8 Å². The van der Waals surface area contributed by atoms with Gasteiger partial charge in [-0.2, -0.15) is 0 Å². The molecule has 2 fully saturated rings. The van der Waals surface area contributed by atoms with Crippen LogP contribution in [-0.4, -0.2) is 79.3 Å². The van der Waals surface area contributed by atoms with Gasteiger partial charge in [0.25, 0.3) is 11.1 Å². The monoisotopic (exact) mass is 938 g/mol. The molecule has 0 unspecified atom stereocenters. The fraction of sp³-hybridized carbons (Fsp3) is 0.310. The molecule has 0 radical (unpaired) electrons. The fourth-order valence-corrected chi connectivity index (χ4v) is 11.8. The quantitative estimate of drug-likeness (QED) is 0.0958. The number of nitrogens with one attached hydrogen (secondary N) is 2. The highest BCUT2D eigenvalue weighted by Crippen LogP contribution is 2.50. The van der Waals surface area contributed by atoms with Gasteiger partial charge in [-0.25, -0.2) is 0 Å². The SMILES string of the molecule is C/C=C/c1ccc2n(c1=O)C[C@@H]1[C@@H](CO)[C@H](C(=O)Nc3ccc(-c4ccccc4)cc3)[C@H]2N1CC.C/C=C\c1ccc2n(c1=O)C[C@@H]1[C@@H](CO)[C@H](C(=O)Nc3ccc(-c4ccccc4)cc3)[C@H]2N1CC. The van der Waals surface area contributed by atoms with Crippen LogP contribution in [0.3, 0.4) is 0 Å². The number of likely N-dealkylation sites (N-methyl/N-ethyl adjacent to an activating group) is 2. The van der Waals surface area contributed by atoms with E-state index in [9.17, 15) is 29.4 Å². The van der Waals surface area contributed by atoms with Crippen LogP contribution in [0.15, 0.2) is 155 Å². The van der Waals surface area contributed by atoms with E-state index in [1.807, 2.05) is 147 Å². The lowest BCUT2D eigenvalue weighted by molar-refractivity contribution is -0.123. The van der Waals surface area contributed by atoms with E-state index in [1.54, 1.807) is 9.13 Å². The zero-order valence-corrected chi connectivity index (χ0v) is 40.2. The molecule has 4 aliphatic rings. The Kier molecular flexibility index (Phi) is 14.4. The molecule has 10 rings (SSSR count). The second-order valence-corrected chi connectivity index (χ2v) is 18.6. The van der Waals surface area contributed by atoms with Crippen LogP contribution in [0.5, 0.6) is 0 Å². The summed E-state index contributed by atoms with van der Waals surface area (Å²) in [7, 11) is 0. The van der Waals surface area contributed by atoms with E-state index in [0.717, 1.165) is 58.1 Å². The summed E-state index contributed by atoms with van der Waals surface area (Å²) in [5, 5.41) is 26.9. The van der Waals surface area contributed by atoms with Gasteiger partial charge in [0.05, 0.1) is 23.9 Å². The second kappa shape index (κ2) is 21.0. The van der Waals surface area contributed by atoms with Crippen molar-refractivity contribution in [1.82, 2.24) is 18.9 Å². The highest BCUT2D eigenvalue weighted by molar-refractivity contribution is 5.95. The largest absolute Gasteiger partial charge is 0.396 e. The molecule has 4 aliphatic heterocycles. The first-order valence-electron chi connectivity index (χ1n) is 24.5. The number of aliphatic hydroxyl groups excluding tert-OH is 2. The zero-order valence-electron chi connectivity index (χ0n) is 40.2. The van der Waals surface area contributed by atoms with Gasteiger partial charge in [-0.1, -0.05) is 123 Å². The molecule has 0 spiro atoms. The molecule has 4 bridgehead atoms. The molecular weight excluding hydrogens is 877 g/mol. The maximum atomic E-state index is 13.7. The maximum Gasteiger partial charge on any atom is 0.258 e. The summed E-state index contributed by atoms with van der Waals surface area (Å²) in [4.78, 5) is 58.2. The molecule has 6 aromatic rings. The van der Waals surface area contributed by atoms with E-state index in [1.165, 1.54) is 0 Å². The standard InChI is InChI=1S/2C29H31N3O3/c2*1-3-8-21-13-16-24-27-26(23(18-33)25(31(27)4-2)17-32(24)29(21)35)28(34)30-22-14-11-20(12-15-22)19-9-6-5-7-10-19/h2*3,5-16,23,25-27,33H,4,17-18H2,1-2H3,(H,30,34)/b8-3+;8-3-/t2*23-,25-,26+,27+/m11/s1. The lowest BCUT2D eigenvalue weighted by Gasteiger charge is -2.37. The summed E-state index contributed by atoms with van der Waals surface area (Å²) in [5.74, 6) is -1.68. The summed E-state index contributed by atoms with van der Waals surface area (Å²) in [6.07, 6.45) is 7.34. The minimum Gasteiger partial charge on any atom is -0.396 e. The second-order valence-electron chi connectivity index (χ2n) is 18.6. The van der Waals surface area contributed by atoms with Gasteiger partial charge in [-0.15, -0.1) is 0 Å². The Morgan fingerprint density at radius 1 is 0.529 bits per heavy atom. The normalized spacial score (nSPS) is 23.4. The van der Waals surface area contributed by atoms with Crippen LogP contribution in [0.1, 0.15) is 62.3 Å². The third-order valence-electron chi connectivity index (χ3n) is 14.9. The number of pyridine rings is 2. The van der Waals surface area contributed by atoms with Gasteiger partial charge in [0.15, 0.2) is 0 Å². The number of carbonyl (C=O) groups is 2. The zero-order chi connectivity index (χ0) is 49.1. The van der Waals surface area contributed by atoms with Crippen molar-refractivity contribution in [2.45, 2.75) is 65.0 Å². The van der Waals surface area contributed by atoms with Crippen LogP contribution in [-0.2, 0) is 22.7 Å². The van der Waals surface area contributed by atoms with E-state index in [4.69, 9.17) is 0 Å². The van der Waals surface area contributed by atoms with Gasteiger partial charge in [-0.3, -0.25) is 29.0 Å². The summed E-state index contributed by atoms with van der Waals surface area (Å²) >= 11 is 0. The number of hydrogen-bond donors (Lipinski definition) is 4. The lowest BCUT2D eigenvalue weighted by atomic mass is 9.86. The Hall–Kier alpha value is -6.96. The first-order chi connectivity index (χ1) is 34.1. The van der Waals surface area contributed by atoms with Crippen LogP contribution < -0.4 is 21.8 Å². The molecular formula is C58H62N6O6. The van der Waals surface area contributed by atoms with E-state index in [0.29, 0.717) is 24.2 Å². The van der Waals surface area contributed by atoms with Gasteiger partial charge in [-0.05, 0) is 97.7 Å². The number of aromatic nitrogens is 2. The fourth-order valence-electron chi connectivity index (χ4n) is 11.8. The summed E-state index contributed by atoms with van der Waals surface area (Å²) in [5.41, 5.74) is 8.72. The topological polar surface area (TPSA) is 149 Å². The molecule has 70 heavy (non-hydrogen) atoms. The van der Waals surface area contributed by atoms with Crippen molar-refractivity contribution in [2.24, 2.45) is 23.7 Å². The third-order valence-corrected chi connectivity index (χ3v) is 14.9. The molecule has 2 aromatic heterocycles. The van der Waals surface area contributed by atoms with Crippen molar-refractivity contribution in [3.05, 3.63) is 189 Å². The highest BCUT2D eigenvalue weighted by atomic mass is 16.3. The molecule has 0 aliphatic carbocycles. The summed E-state index contributed by atoms with van der Waals surface area (Å²) in [6.45, 7) is 10.1. The molecule has 4 N–H and O–H groups in total. The Labute approximate surface area is 409 Å². The van der Waals surface area contributed by atoms with Crippen molar-refractivity contribution in [3.63, 3.8) is 0 Å². The van der Waals surface area contributed by atoms with E-state index >= 15 is 0 Å². The van der Waals surface area contributed by atoms with Gasteiger partial charge in [0, 0.05) is 84.1 Å². The van der Waals surface area contributed by atoms with Crippen LogP contribution in [0.4, 0.5) is 11.4 Å². The van der Waals surface area contributed by atoms with Crippen LogP contribution in [0.25, 0.3) is 34.4 Å². The van der Waals surface area contributed by atoms with Crippen molar-refractivity contribution in [1.29, 1.82) is 0 Å². The maximum absolute atomic E-state index is 13.7. The van der Waals surface area contributed by atoms with Crippen LogP contribution in [0, 0.1) is 23.7 Å². The van der Waals surface area contributed by atoms with E-state index in [-0.39, 0.29) is 72.1 Å². The number of rotatable bonds is 12. The lowest BCUT2D eigenvalue weighted by Crippen LogP contribution is -2.46. The van der Waals surface area contributed by atoms with Crippen LogP contribution >= 0.6 is 0 Å². The number of amides is 2. The average molecular weight is 939 g/mol. The number of nitrogens with zero attached hydrogens (tertiary/aromatic N) is 4. The number of aliphatic hydroxyl groups is 2. The number of carbonyl (C=O) groups excluding carboxylic acids is 2. The smallest absolute Gasteiger partial charge is 0.258 e. The minimum atomic E-state index is -0.459. The Bertz CT molecular complexity index is 2800. The van der Waals surface area contributed by atoms with Crippen molar-refractivity contribution in [2.75, 3.05) is 36.9 Å². The predicted octanol–water partition coefficient (Wildman–Crippen LogP) is 8.34. The van der Waals surface area contributed by atoms with Crippen molar-refractivity contribution >= 4 is 35.3 Å². The molecule has 4 aromatic carbocycles. The number of allylic oxidation sites excluding steroid dienone is 2. The average Bonchev–Trinajstić information content (AvgIpc) is 3.77. The Morgan fingerprint density at radius 3 is 1.21 bits per heavy atom. The molecule has 2 amide bonds. The molecule has 12 heteroatoms. The van der Waals surface area contributed by atoms with Crippen molar-refractivity contribution in [3.8, 4) is 22.3 Å². The van der Waals surface area contributed by atoms with Gasteiger partial charge in [0.2, 0.25) is 11.8 Å². The first kappa shape index (κ1) is 48.1. The Balaban J connectivity index is 0.000000174. The van der Waals surface area contributed by atoms with Crippen LogP contribution in [0.2, 0.25) is 0 Å². The summed E-state index contributed by atoms with van der Waals surface area (Å²) in [6, 6.07) is 42.8. The first-order valence-corrected chi connectivity index (χ1v) is 24.5. The molecule has 6 heterocycles.